The molecule has 1 saturated heterocycles. The van der Waals surface area contributed by atoms with Gasteiger partial charge < -0.3 is 14.7 Å². The van der Waals surface area contributed by atoms with Crippen LogP contribution in [-0.2, 0) is 16.1 Å². The van der Waals surface area contributed by atoms with Crippen molar-refractivity contribution in [1.29, 1.82) is 0 Å². The van der Waals surface area contributed by atoms with Crippen molar-refractivity contribution >= 4 is 12.1 Å². The average molecular weight is 357 g/mol. The zero-order valence-electron chi connectivity index (χ0n) is 14.4. The van der Waals surface area contributed by atoms with Gasteiger partial charge in [0, 0.05) is 19.0 Å². The fourth-order valence-electron chi connectivity index (χ4n) is 3.33. The lowest BCUT2D eigenvalue weighted by atomic mass is 9.88. The third-order valence-corrected chi connectivity index (χ3v) is 4.59. The van der Waals surface area contributed by atoms with Gasteiger partial charge in [0.25, 0.3) is 0 Å². The van der Waals surface area contributed by atoms with E-state index in [4.69, 9.17) is 4.74 Å². The van der Waals surface area contributed by atoms with Gasteiger partial charge in [-0.15, -0.1) is 0 Å². The summed E-state index contributed by atoms with van der Waals surface area (Å²) >= 11 is 0. The van der Waals surface area contributed by atoms with Gasteiger partial charge in [0.15, 0.2) is 0 Å². The van der Waals surface area contributed by atoms with E-state index < -0.39 is 29.7 Å². The predicted molar refractivity (Wildman–Crippen MR) is 93.2 cm³/mol. The number of nitrogens with zero attached hydrogens (tertiary/aromatic N) is 1. The van der Waals surface area contributed by atoms with Gasteiger partial charge in [0.1, 0.15) is 12.4 Å². The lowest BCUT2D eigenvalue weighted by molar-refractivity contribution is -0.141. The maximum Gasteiger partial charge on any atom is 0.410 e. The molecule has 2 aromatic carbocycles. The summed E-state index contributed by atoms with van der Waals surface area (Å²) in [5.41, 5.74) is 2.16. The Bertz CT molecular complexity index is 788. The number of aryl methyl sites for hydroxylation is 1. The van der Waals surface area contributed by atoms with Gasteiger partial charge in [-0.3, -0.25) is 4.79 Å². The number of amides is 1. The van der Waals surface area contributed by atoms with E-state index in [1.54, 1.807) is 13.0 Å². The van der Waals surface area contributed by atoms with Crippen LogP contribution in [0.1, 0.15) is 22.6 Å². The standard InChI is InChI=1S/C20H20FNO4/c1-13-7-15(9-16(21)8-13)17-10-22(11-18(17)19(23)24)20(25)26-12-14-5-3-2-4-6-14/h2-9,17-18H,10-12H2,1H3,(H,23,24)/t17-,18+/m0/s1. The second kappa shape index (κ2) is 7.56. The number of carbonyl (C=O) groups is 2. The van der Waals surface area contributed by atoms with E-state index in [0.29, 0.717) is 11.1 Å². The van der Waals surface area contributed by atoms with Crippen LogP contribution in [-0.4, -0.2) is 35.2 Å². The van der Waals surface area contributed by atoms with Crippen LogP contribution in [0.5, 0.6) is 0 Å². The molecule has 0 radical (unpaired) electrons. The Morgan fingerprint density at radius 1 is 1.19 bits per heavy atom. The Morgan fingerprint density at radius 3 is 2.58 bits per heavy atom. The van der Waals surface area contributed by atoms with Crippen LogP contribution in [0.4, 0.5) is 9.18 Å². The van der Waals surface area contributed by atoms with E-state index in [2.05, 4.69) is 0 Å². The number of hydrogen-bond donors (Lipinski definition) is 1. The van der Waals surface area contributed by atoms with E-state index in [1.807, 2.05) is 30.3 Å². The Kier molecular flexibility index (Phi) is 5.21. The highest BCUT2D eigenvalue weighted by Crippen LogP contribution is 2.34. The fraction of sp³-hybridized carbons (Fsp3) is 0.300. The van der Waals surface area contributed by atoms with Crippen LogP contribution in [0.25, 0.3) is 0 Å². The molecule has 1 N–H and O–H groups in total. The van der Waals surface area contributed by atoms with Gasteiger partial charge in [-0.25, -0.2) is 9.18 Å². The highest BCUT2D eigenvalue weighted by molar-refractivity contribution is 5.75. The van der Waals surface area contributed by atoms with Crippen molar-refractivity contribution < 1.29 is 23.8 Å². The molecule has 0 saturated carbocycles. The molecule has 1 amide bonds. The van der Waals surface area contributed by atoms with Crippen molar-refractivity contribution in [3.8, 4) is 0 Å². The van der Waals surface area contributed by atoms with Gasteiger partial charge in [0.05, 0.1) is 5.92 Å². The molecule has 1 heterocycles. The molecular formula is C20H20FNO4. The second-order valence-electron chi connectivity index (χ2n) is 6.56. The van der Waals surface area contributed by atoms with Crippen molar-refractivity contribution in [2.24, 2.45) is 5.92 Å². The zero-order chi connectivity index (χ0) is 18.7. The highest BCUT2D eigenvalue weighted by atomic mass is 19.1. The number of hydrogen-bond acceptors (Lipinski definition) is 3. The molecule has 136 valence electrons. The number of carboxylic acids is 1. The summed E-state index contributed by atoms with van der Waals surface area (Å²) in [6.07, 6.45) is -0.560. The normalized spacial score (nSPS) is 19.4. The summed E-state index contributed by atoms with van der Waals surface area (Å²) in [6.45, 7) is 2.11. The van der Waals surface area contributed by atoms with Crippen LogP contribution >= 0.6 is 0 Å². The summed E-state index contributed by atoms with van der Waals surface area (Å²) in [4.78, 5) is 25.3. The monoisotopic (exact) mass is 357 g/mol. The van der Waals surface area contributed by atoms with E-state index >= 15 is 0 Å². The predicted octanol–water partition coefficient (Wildman–Crippen LogP) is 3.57. The number of rotatable bonds is 4. The van der Waals surface area contributed by atoms with Crippen molar-refractivity contribution in [2.75, 3.05) is 13.1 Å². The average Bonchev–Trinajstić information content (AvgIpc) is 3.05. The Balaban J connectivity index is 1.72. The molecule has 1 aliphatic heterocycles. The summed E-state index contributed by atoms with van der Waals surface area (Å²) in [7, 11) is 0. The third-order valence-electron chi connectivity index (χ3n) is 4.59. The topological polar surface area (TPSA) is 66.8 Å². The highest BCUT2D eigenvalue weighted by Gasteiger charge is 2.41. The molecule has 1 aliphatic rings. The van der Waals surface area contributed by atoms with Gasteiger partial charge in [-0.1, -0.05) is 36.4 Å². The minimum Gasteiger partial charge on any atom is -0.481 e. The molecular weight excluding hydrogens is 337 g/mol. The number of carboxylic acid groups (broad SMARTS) is 1. The SMILES string of the molecule is Cc1cc(F)cc([C@@H]2CN(C(=O)OCc3ccccc3)C[C@H]2C(=O)O)c1. The minimum absolute atomic E-state index is 0.0448. The molecule has 0 aromatic heterocycles. The number of halogens is 1. The van der Waals surface area contributed by atoms with Gasteiger partial charge in [-0.05, 0) is 35.7 Å². The van der Waals surface area contributed by atoms with Gasteiger partial charge >= 0.3 is 12.1 Å². The van der Waals surface area contributed by atoms with Gasteiger partial charge in [0.2, 0.25) is 0 Å². The van der Waals surface area contributed by atoms with Crippen molar-refractivity contribution in [3.05, 3.63) is 71.0 Å². The number of carbonyl (C=O) groups excluding carboxylic acids is 1. The molecule has 2 aromatic rings. The van der Waals surface area contributed by atoms with E-state index in [0.717, 1.165) is 5.56 Å². The molecule has 1 fully saturated rings. The lowest BCUT2D eigenvalue weighted by Crippen LogP contribution is -2.30. The van der Waals surface area contributed by atoms with E-state index in [-0.39, 0.29) is 19.7 Å². The largest absolute Gasteiger partial charge is 0.481 e. The quantitative estimate of drug-likeness (QED) is 0.908. The van der Waals surface area contributed by atoms with Crippen molar-refractivity contribution in [2.45, 2.75) is 19.4 Å². The summed E-state index contributed by atoms with van der Waals surface area (Å²) < 4.78 is 19.0. The van der Waals surface area contributed by atoms with Crippen LogP contribution in [0.2, 0.25) is 0 Å². The summed E-state index contributed by atoms with van der Waals surface area (Å²) in [6, 6.07) is 13.7. The number of aliphatic carboxylic acids is 1. The Morgan fingerprint density at radius 2 is 1.92 bits per heavy atom. The Labute approximate surface area is 151 Å². The Hall–Kier alpha value is -2.89. The van der Waals surface area contributed by atoms with Crippen LogP contribution in [0.3, 0.4) is 0 Å². The third kappa shape index (κ3) is 4.02. The van der Waals surface area contributed by atoms with Crippen LogP contribution in [0, 0.1) is 18.7 Å². The summed E-state index contributed by atoms with van der Waals surface area (Å²) in [5.74, 6) is -2.67. The molecule has 2 atom stereocenters. The first-order valence-electron chi connectivity index (χ1n) is 8.39. The molecule has 6 heteroatoms. The van der Waals surface area contributed by atoms with E-state index in [1.165, 1.54) is 17.0 Å². The molecule has 0 aliphatic carbocycles. The van der Waals surface area contributed by atoms with Crippen LogP contribution < -0.4 is 0 Å². The molecule has 3 rings (SSSR count). The van der Waals surface area contributed by atoms with Crippen molar-refractivity contribution in [1.82, 2.24) is 4.90 Å². The smallest absolute Gasteiger partial charge is 0.410 e. The van der Waals surface area contributed by atoms with Crippen molar-refractivity contribution in [3.63, 3.8) is 0 Å². The maximum atomic E-state index is 13.7. The van der Waals surface area contributed by atoms with Crippen LogP contribution in [0.15, 0.2) is 48.5 Å². The maximum absolute atomic E-state index is 13.7. The van der Waals surface area contributed by atoms with E-state index in [9.17, 15) is 19.1 Å². The summed E-state index contributed by atoms with van der Waals surface area (Å²) in [5, 5.41) is 9.52. The second-order valence-corrected chi connectivity index (χ2v) is 6.56. The molecule has 0 unspecified atom stereocenters. The first-order valence-corrected chi connectivity index (χ1v) is 8.39. The number of ether oxygens (including phenoxy) is 1. The number of likely N-dealkylation sites (tertiary alicyclic amines) is 1. The zero-order valence-corrected chi connectivity index (χ0v) is 14.4. The molecule has 5 nitrogen and oxygen atoms in total. The number of benzene rings is 2. The first kappa shape index (κ1) is 17.9. The first-order chi connectivity index (χ1) is 12.4. The minimum atomic E-state index is -1.00. The molecule has 0 spiro atoms. The lowest BCUT2D eigenvalue weighted by Gasteiger charge is -2.17. The molecule has 0 bridgehead atoms. The van der Waals surface area contributed by atoms with Gasteiger partial charge in [-0.2, -0.15) is 0 Å². The molecule has 26 heavy (non-hydrogen) atoms. The fourth-order valence-corrected chi connectivity index (χ4v) is 3.33.